The fraction of sp³-hybridized carbons (Fsp3) is 0.389. The molecule has 0 unspecified atom stereocenters. The van der Waals surface area contributed by atoms with Gasteiger partial charge >= 0.3 is 0 Å². The van der Waals surface area contributed by atoms with Crippen LogP contribution in [0.3, 0.4) is 0 Å². The first-order valence-corrected chi connectivity index (χ1v) is 17.9. The summed E-state index contributed by atoms with van der Waals surface area (Å²) in [6.45, 7) is 9.84. The quantitative estimate of drug-likeness (QED) is 0.278. The average Bonchev–Trinajstić information content (AvgIpc) is 3.05. The van der Waals surface area contributed by atoms with Gasteiger partial charge < -0.3 is 19.6 Å². The van der Waals surface area contributed by atoms with E-state index in [9.17, 15) is 18.3 Å². The lowest BCUT2D eigenvalue weighted by Gasteiger charge is -2.33. The Morgan fingerprint density at radius 1 is 1.04 bits per heavy atom. The maximum Gasteiger partial charge on any atom is 0.264 e. The van der Waals surface area contributed by atoms with Gasteiger partial charge in [-0.25, -0.2) is 23.1 Å². The molecule has 0 saturated carbocycles. The zero-order chi connectivity index (χ0) is 34.0. The van der Waals surface area contributed by atoms with Crippen LogP contribution in [0.1, 0.15) is 60.2 Å². The maximum atomic E-state index is 14.3. The number of hydrogen-bond donors (Lipinski definition) is 2. The SMILES string of the molecule is Cc1cccc(C)c1-c1cc2nc(n1)NS(=O)(=O)c1cccc(c1)C(=O)N(Cc1ccc(N3CCC[C@H](O)C3)nc1)[C@H](CC(C)C)CO2. The zero-order valence-electron chi connectivity index (χ0n) is 27.8. The van der Waals surface area contributed by atoms with Crippen molar-refractivity contribution in [3.05, 3.63) is 89.1 Å². The monoisotopic (exact) mass is 670 g/mol. The molecule has 2 aromatic carbocycles. The molecule has 2 aromatic heterocycles. The third-order valence-corrected chi connectivity index (χ3v) is 10.1. The summed E-state index contributed by atoms with van der Waals surface area (Å²) in [6, 6.07) is 17.1. The lowest BCUT2D eigenvalue weighted by molar-refractivity contribution is 0.0553. The van der Waals surface area contributed by atoms with Gasteiger partial charge in [0.25, 0.3) is 15.9 Å². The first-order chi connectivity index (χ1) is 23.0. The van der Waals surface area contributed by atoms with E-state index in [2.05, 4.69) is 38.4 Å². The Kier molecular flexibility index (Phi) is 9.66. The number of nitrogens with zero attached hydrogens (tertiary/aromatic N) is 5. The second kappa shape index (κ2) is 13.9. The molecule has 4 heterocycles. The van der Waals surface area contributed by atoms with Crippen LogP contribution in [0.25, 0.3) is 11.3 Å². The molecule has 4 bridgehead atoms. The molecule has 252 valence electrons. The predicted molar refractivity (Wildman–Crippen MR) is 184 cm³/mol. The zero-order valence-corrected chi connectivity index (χ0v) is 28.6. The summed E-state index contributed by atoms with van der Waals surface area (Å²) in [6.07, 6.45) is 3.69. The summed E-state index contributed by atoms with van der Waals surface area (Å²) in [5, 5.41) is 10.1. The Hall–Kier alpha value is -4.55. The number of sulfonamides is 1. The number of aliphatic hydroxyl groups excluding tert-OH is 1. The summed E-state index contributed by atoms with van der Waals surface area (Å²) < 4.78 is 36.1. The van der Waals surface area contributed by atoms with Crippen molar-refractivity contribution in [2.45, 2.75) is 70.5 Å². The molecule has 0 radical (unpaired) electrons. The highest BCUT2D eigenvalue weighted by Crippen LogP contribution is 2.31. The Morgan fingerprint density at radius 3 is 2.52 bits per heavy atom. The number of ether oxygens (including phenoxy) is 1. The van der Waals surface area contributed by atoms with E-state index in [0.717, 1.165) is 47.5 Å². The highest BCUT2D eigenvalue weighted by Gasteiger charge is 2.30. The Labute approximate surface area is 282 Å². The van der Waals surface area contributed by atoms with Crippen LogP contribution in [-0.4, -0.2) is 71.1 Å². The Bertz CT molecular complexity index is 1880. The van der Waals surface area contributed by atoms with Gasteiger partial charge in [-0.05, 0) is 80.0 Å². The average molecular weight is 671 g/mol. The van der Waals surface area contributed by atoms with Gasteiger partial charge in [0.15, 0.2) is 0 Å². The van der Waals surface area contributed by atoms with Crippen LogP contribution in [-0.2, 0) is 16.6 Å². The molecule has 6 rings (SSSR count). The number of carbonyl (C=O) groups is 1. The molecule has 2 atom stereocenters. The van der Waals surface area contributed by atoms with Crippen molar-refractivity contribution in [3.63, 3.8) is 0 Å². The molecule has 2 aliphatic rings. The molecule has 4 aromatic rings. The third-order valence-electron chi connectivity index (χ3n) is 8.81. The number of β-amino-alcohol motifs (C(OH)–C–C–N with tert-alkyl or cyclic N) is 1. The molecule has 1 fully saturated rings. The number of aryl methyl sites for hydroxylation is 2. The van der Waals surface area contributed by atoms with Crippen molar-refractivity contribution in [1.82, 2.24) is 19.9 Å². The van der Waals surface area contributed by atoms with E-state index in [1.165, 1.54) is 12.1 Å². The molecule has 11 nitrogen and oxygen atoms in total. The number of fused-ring (bicyclic) bond motifs is 4. The number of aromatic nitrogens is 3. The number of amides is 1. The van der Waals surface area contributed by atoms with E-state index < -0.39 is 10.0 Å². The maximum absolute atomic E-state index is 14.3. The second-order valence-corrected chi connectivity index (χ2v) is 14.8. The van der Waals surface area contributed by atoms with Gasteiger partial charge in [0.2, 0.25) is 11.8 Å². The van der Waals surface area contributed by atoms with Gasteiger partial charge in [0.05, 0.1) is 22.7 Å². The summed E-state index contributed by atoms with van der Waals surface area (Å²) in [4.78, 5) is 31.8. The number of pyridine rings is 1. The third kappa shape index (κ3) is 7.44. The van der Waals surface area contributed by atoms with E-state index in [1.807, 2.05) is 44.2 Å². The number of benzene rings is 2. The minimum atomic E-state index is -4.16. The molecular formula is C36H42N6O5S. The van der Waals surface area contributed by atoms with Crippen LogP contribution in [0.2, 0.25) is 0 Å². The first kappa shape index (κ1) is 33.4. The molecule has 0 aliphatic carbocycles. The lowest BCUT2D eigenvalue weighted by atomic mass is 10.00. The van der Waals surface area contributed by atoms with E-state index in [4.69, 9.17) is 4.74 Å². The van der Waals surface area contributed by atoms with Crippen molar-refractivity contribution < 1.29 is 23.1 Å². The largest absolute Gasteiger partial charge is 0.475 e. The van der Waals surface area contributed by atoms with Crippen molar-refractivity contribution in [2.24, 2.45) is 5.92 Å². The normalized spacial score (nSPS) is 19.5. The van der Waals surface area contributed by atoms with E-state index in [0.29, 0.717) is 18.7 Å². The van der Waals surface area contributed by atoms with Crippen molar-refractivity contribution >= 4 is 27.7 Å². The minimum absolute atomic E-state index is 0.0776. The van der Waals surface area contributed by atoms with Gasteiger partial charge in [-0.15, -0.1) is 0 Å². The number of anilines is 2. The molecule has 0 spiro atoms. The fourth-order valence-corrected chi connectivity index (χ4v) is 7.46. The molecule has 12 heteroatoms. The Morgan fingerprint density at radius 2 is 1.81 bits per heavy atom. The van der Waals surface area contributed by atoms with Gasteiger partial charge in [0, 0.05) is 43.0 Å². The number of piperidine rings is 1. The Balaban J connectivity index is 1.41. The van der Waals surface area contributed by atoms with Crippen LogP contribution in [0, 0.1) is 19.8 Å². The number of hydrogen-bond acceptors (Lipinski definition) is 9. The van der Waals surface area contributed by atoms with Crippen LogP contribution < -0.4 is 14.4 Å². The van der Waals surface area contributed by atoms with Gasteiger partial charge in [-0.2, -0.15) is 4.98 Å². The molecule has 2 N–H and O–H groups in total. The highest BCUT2D eigenvalue weighted by molar-refractivity contribution is 7.92. The van der Waals surface area contributed by atoms with Crippen molar-refractivity contribution in [3.8, 4) is 17.1 Å². The summed E-state index contributed by atoms with van der Waals surface area (Å²) in [7, 11) is -4.16. The first-order valence-electron chi connectivity index (χ1n) is 16.4. The van der Waals surface area contributed by atoms with E-state index in [1.54, 1.807) is 29.3 Å². The molecule has 1 amide bonds. The number of aliphatic hydroxyl groups is 1. The number of rotatable bonds is 6. The summed E-state index contributed by atoms with van der Waals surface area (Å²) >= 11 is 0. The van der Waals surface area contributed by atoms with Gasteiger partial charge in [-0.3, -0.25) is 4.79 Å². The van der Waals surface area contributed by atoms with E-state index >= 15 is 0 Å². The topological polar surface area (TPSA) is 138 Å². The number of nitrogens with one attached hydrogen (secondary N) is 1. The van der Waals surface area contributed by atoms with Gasteiger partial charge in [0.1, 0.15) is 12.4 Å². The lowest BCUT2D eigenvalue weighted by Crippen LogP contribution is -2.44. The smallest absolute Gasteiger partial charge is 0.264 e. The molecule has 2 aliphatic heterocycles. The van der Waals surface area contributed by atoms with Crippen LogP contribution in [0.4, 0.5) is 11.8 Å². The minimum Gasteiger partial charge on any atom is -0.475 e. The van der Waals surface area contributed by atoms with Crippen LogP contribution >= 0.6 is 0 Å². The summed E-state index contributed by atoms with van der Waals surface area (Å²) in [5.41, 5.74) is 4.39. The molecule has 48 heavy (non-hydrogen) atoms. The van der Waals surface area contributed by atoms with Crippen LogP contribution in [0.5, 0.6) is 5.88 Å². The van der Waals surface area contributed by atoms with Crippen molar-refractivity contribution in [2.75, 3.05) is 29.3 Å². The summed E-state index contributed by atoms with van der Waals surface area (Å²) in [5.74, 6) is 0.751. The van der Waals surface area contributed by atoms with Gasteiger partial charge in [-0.1, -0.05) is 44.2 Å². The molecular weight excluding hydrogens is 629 g/mol. The van der Waals surface area contributed by atoms with Crippen molar-refractivity contribution in [1.29, 1.82) is 0 Å². The molecule has 1 saturated heterocycles. The standard InChI is InChI=1S/C36H42N6O5S/c1-23(2)16-28-22-47-33-18-31(34-24(3)8-5-9-25(34)4)38-36(39-33)40-48(45,46)30-12-6-10-27(17-30)35(44)42(28)20-26-13-14-32(37-19-26)41-15-7-11-29(43)21-41/h5-6,8-10,12-14,17-19,23,28-29,43H,7,11,15-16,20-22H2,1-4H3,(H,38,39,40)/t28-,29+/m1/s1. The van der Waals surface area contributed by atoms with E-state index in [-0.39, 0.29) is 59.4 Å². The fourth-order valence-electron chi connectivity index (χ4n) is 6.47. The second-order valence-electron chi connectivity index (χ2n) is 13.1. The number of carbonyl (C=O) groups excluding carboxylic acids is 1. The van der Waals surface area contributed by atoms with Crippen LogP contribution in [0.15, 0.2) is 71.8 Å². The highest BCUT2D eigenvalue weighted by atomic mass is 32.2. The predicted octanol–water partition coefficient (Wildman–Crippen LogP) is 5.37.